The largest absolute Gasteiger partial charge is 0.449 e. The van der Waals surface area contributed by atoms with Crippen LogP contribution in [0.5, 0.6) is 0 Å². The Kier molecular flexibility index (Phi) is 5.30. The molecule has 0 aromatic heterocycles. The molecule has 1 aromatic carbocycles. The fraction of sp³-hybridized carbons (Fsp3) is 0.385. The summed E-state index contributed by atoms with van der Waals surface area (Å²) in [6.07, 6.45) is 0.961. The first-order valence-corrected chi connectivity index (χ1v) is 10.1. The molecule has 0 radical (unpaired) electrons. The summed E-state index contributed by atoms with van der Waals surface area (Å²) in [4.78, 5) is 0. The Balaban J connectivity index is 2.14. The Morgan fingerprint density at radius 1 is 0.870 bits per heavy atom. The van der Waals surface area contributed by atoms with Crippen molar-refractivity contribution in [3.05, 3.63) is 47.4 Å². The van der Waals surface area contributed by atoms with E-state index in [1.807, 2.05) is 6.07 Å². The van der Waals surface area contributed by atoms with Gasteiger partial charge in [0.05, 0.1) is 12.5 Å². The maximum absolute atomic E-state index is 11.1. The number of ether oxygens (including phenoxy) is 2. The van der Waals surface area contributed by atoms with Crippen molar-refractivity contribution in [2.24, 2.45) is 0 Å². The van der Waals surface area contributed by atoms with Gasteiger partial charge in [-0.05, 0) is 0 Å². The van der Waals surface area contributed by atoms with Crippen LogP contribution in [0.4, 0.5) is 0 Å². The molecule has 0 N–H and O–H groups in total. The third-order valence-corrected chi connectivity index (χ3v) is 3.78. The standard InChI is InChI=1S/C13H16O8S2/c1-22(14,15)18-8-11-12(9-19-23(2,16)17)21-13(20-11)10-6-4-3-5-7-10/h3-7,13H,8-9H2,1-2H3. The molecule has 0 aliphatic carbocycles. The highest BCUT2D eigenvalue weighted by Crippen LogP contribution is 2.33. The molecule has 1 aliphatic heterocycles. The summed E-state index contributed by atoms with van der Waals surface area (Å²) in [5, 5.41) is 0. The van der Waals surface area contributed by atoms with Gasteiger partial charge in [-0.2, -0.15) is 16.8 Å². The van der Waals surface area contributed by atoms with Crippen LogP contribution in [-0.4, -0.2) is 42.6 Å². The van der Waals surface area contributed by atoms with E-state index in [0.29, 0.717) is 5.56 Å². The summed E-state index contributed by atoms with van der Waals surface area (Å²) in [5.74, 6) is 0.126. The molecule has 0 atom stereocenters. The van der Waals surface area contributed by atoms with Gasteiger partial charge in [0.1, 0.15) is 13.2 Å². The van der Waals surface area contributed by atoms with Crippen molar-refractivity contribution in [1.82, 2.24) is 0 Å². The molecule has 8 nitrogen and oxygen atoms in total. The van der Waals surface area contributed by atoms with Crippen LogP contribution in [0.2, 0.25) is 0 Å². The molecular weight excluding hydrogens is 348 g/mol. The quantitative estimate of drug-likeness (QED) is 0.657. The molecule has 0 amide bonds. The molecule has 1 heterocycles. The molecule has 0 fully saturated rings. The van der Waals surface area contributed by atoms with Crippen molar-refractivity contribution in [2.45, 2.75) is 6.29 Å². The second-order valence-corrected chi connectivity index (χ2v) is 8.05. The fourth-order valence-corrected chi connectivity index (χ4v) is 2.35. The Morgan fingerprint density at radius 2 is 1.30 bits per heavy atom. The van der Waals surface area contributed by atoms with E-state index in [-0.39, 0.29) is 11.5 Å². The number of benzene rings is 1. The van der Waals surface area contributed by atoms with Gasteiger partial charge >= 0.3 is 0 Å². The molecule has 1 aromatic rings. The molecule has 2 rings (SSSR count). The Hall–Kier alpha value is -1.62. The van der Waals surface area contributed by atoms with Gasteiger partial charge in [0.25, 0.3) is 26.5 Å². The lowest BCUT2D eigenvalue weighted by molar-refractivity contribution is -0.0488. The molecule has 0 spiro atoms. The van der Waals surface area contributed by atoms with Gasteiger partial charge in [0.15, 0.2) is 11.5 Å². The van der Waals surface area contributed by atoms with E-state index >= 15 is 0 Å². The van der Waals surface area contributed by atoms with E-state index in [4.69, 9.17) is 9.47 Å². The number of hydrogen-bond donors (Lipinski definition) is 0. The molecule has 10 heteroatoms. The summed E-state index contributed by atoms with van der Waals surface area (Å²) in [5.41, 5.74) is 0.679. The minimum Gasteiger partial charge on any atom is -0.449 e. The third-order valence-electron chi connectivity index (χ3n) is 2.69. The Morgan fingerprint density at radius 3 is 1.70 bits per heavy atom. The molecule has 0 bridgehead atoms. The van der Waals surface area contributed by atoms with Crippen molar-refractivity contribution < 1.29 is 34.7 Å². The van der Waals surface area contributed by atoms with Crippen LogP contribution in [0, 0.1) is 0 Å². The lowest BCUT2D eigenvalue weighted by Crippen LogP contribution is -2.10. The topological polar surface area (TPSA) is 105 Å². The predicted octanol–water partition coefficient (Wildman–Crippen LogP) is 0.896. The molecule has 23 heavy (non-hydrogen) atoms. The monoisotopic (exact) mass is 364 g/mol. The zero-order valence-corrected chi connectivity index (χ0v) is 14.1. The minimum atomic E-state index is -3.69. The maximum Gasteiger partial charge on any atom is 0.267 e. The third kappa shape index (κ3) is 5.82. The molecular formula is C13H16O8S2. The van der Waals surface area contributed by atoms with Crippen LogP contribution in [0.3, 0.4) is 0 Å². The van der Waals surface area contributed by atoms with Gasteiger partial charge < -0.3 is 9.47 Å². The normalized spacial score (nSPS) is 16.3. The second-order valence-electron chi connectivity index (χ2n) is 4.76. The van der Waals surface area contributed by atoms with Crippen molar-refractivity contribution in [2.75, 3.05) is 25.7 Å². The highest BCUT2D eigenvalue weighted by molar-refractivity contribution is 7.86. The Bertz CT molecular complexity index is 733. The van der Waals surface area contributed by atoms with E-state index in [0.717, 1.165) is 12.5 Å². The molecule has 0 unspecified atom stereocenters. The summed E-state index contributed by atoms with van der Waals surface area (Å²) in [6.45, 7) is -0.824. The van der Waals surface area contributed by atoms with E-state index in [9.17, 15) is 16.8 Å². The average Bonchev–Trinajstić information content (AvgIpc) is 2.86. The van der Waals surface area contributed by atoms with Crippen LogP contribution in [0.1, 0.15) is 11.9 Å². The molecule has 128 valence electrons. The fourth-order valence-electron chi connectivity index (χ4n) is 1.71. The Labute approximate surface area is 134 Å². The van der Waals surface area contributed by atoms with Crippen molar-refractivity contribution in [3.8, 4) is 0 Å². The SMILES string of the molecule is CS(=O)(=O)OCC1=C(COS(C)(=O)=O)OC(c2ccccc2)O1. The molecule has 0 saturated heterocycles. The highest BCUT2D eigenvalue weighted by atomic mass is 32.2. The smallest absolute Gasteiger partial charge is 0.267 e. The first-order chi connectivity index (χ1) is 10.6. The molecule has 0 saturated carbocycles. The zero-order valence-electron chi connectivity index (χ0n) is 12.5. The number of rotatable bonds is 7. The van der Waals surface area contributed by atoms with Gasteiger partial charge in [-0.15, -0.1) is 0 Å². The number of hydrogen-bond acceptors (Lipinski definition) is 8. The summed E-state index contributed by atoms with van der Waals surface area (Å²) in [7, 11) is -7.38. The minimum absolute atomic E-state index is 0.0629. The van der Waals surface area contributed by atoms with E-state index in [2.05, 4.69) is 8.37 Å². The highest BCUT2D eigenvalue weighted by Gasteiger charge is 2.30. The summed E-state index contributed by atoms with van der Waals surface area (Å²) < 4.78 is 64.7. The first-order valence-electron chi connectivity index (χ1n) is 6.43. The van der Waals surface area contributed by atoms with E-state index < -0.39 is 39.7 Å². The van der Waals surface area contributed by atoms with Crippen LogP contribution in [0.15, 0.2) is 41.9 Å². The first kappa shape index (κ1) is 17.7. The van der Waals surface area contributed by atoms with Crippen LogP contribution in [-0.2, 0) is 38.1 Å². The van der Waals surface area contributed by atoms with Crippen molar-refractivity contribution in [1.29, 1.82) is 0 Å². The van der Waals surface area contributed by atoms with Gasteiger partial charge in [-0.3, -0.25) is 8.37 Å². The lowest BCUT2D eigenvalue weighted by atomic mass is 10.2. The van der Waals surface area contributed by atoms with Crippen molar-refractivity contribution >= 4 is 20.2 Å². The van der Waals surface area contributed by atoms with Gasteiger partial charge in [-0.25, -0.2) is 0 Å². The van der Waals surface area contributed by atoms with Crippen LogP contribution >= 0.6 is 0 Å². The average molecular weight is 364 g/mol. The van der Waals surface area contributed by atoms with Gasteiger partial charge in [-0.1, -0.05) is 30.3 Å². The summed E-state index contributed by atoms with van der Waals surface area (Å²) >= 11 is 0. The van der Waals surface area contributed by atoms with Gasteiger partial charge in [0.2, 0.25) is 0 Å². The van der Waals surface area contributed by atoms with Crippen LogP contribution < -0.4 is 0 Å². The van der Waals surface area contributed by atoms with E-state index in [1.54, 1.807) is 24.3 Å². The molecule has 1 aliphatic rings. The van der Waals surface area contributed by atoms with Gasteiger partial charge in [0, 0.05) is 5.56 Å². The predicted molar refractivity (Wildman–Crippen MR) is 80.0 cm³/mol. The second kappa shape index (κ2) is 6.87. The zero-order chi connectivity index (χ0) is 17.1. The van der Waals surface area contributed by atoms with Crippen LogP contribution in [0.25, 0.3) is 0 Å². The summed E-state index contributed by atoms with van der Waals surface area (Å²) in [6, 6.07) is 8.87. The maximum atomic E-state index is 11.1. The van der Waals surface area contributed by atoms with Crippen molar-refractivity contribution in [3.63, 3.8) is 0 Å². The van der Waals surface area contributed by atoms with E-state index in [1.165, 1.54) is 0 Å². The lowest BCUT2D eigenvalue weighted by Gasteiger charge is -2.12.